The standard InChI is InChI=1S/C12H10BrN5/c13-9-5-6-12(14-7-9)15-8-18-11-4-2-1-3-10(11)16-17-18/h1-7H,8H2,(H,14,15). The van der Waals surface area contributed by atoms with Crippen molar-refractivity contribution >= 4 is 32.8 Å². The first-order valence-electron chi connectivity index (χ1n) is 5.46. The van der Waals surface area contributed by atoms with Crippen LogP contribution in [0.25, 0.3) is 11.0 Å². The molecule has 0 radical (unpaired) electrons. The summed E-state index contributed by atoms with van der Waals surface area (Å²) in [5.41, 5.74) is 1.89. The van der Waals surface area contributed by atoms with Gasteiger partial charge in [0, 0.05) is 10.7 Å². The second-order valence-corrected chi connectivity index (χ2v) is 4.69. The van der Waals surface area contributed by atoms with Crippen molar-refractivity contribution in [2.45, 2.75) is 6.67 Å². The number of para-hydroxylation sites is 1. The van der Waals surface area contributed by atoms with Gasteiger partial charge in [0.05, 0.1) is 5.52 Å². The Balaban J connectivity index is 1.79. The summed E-state index contributed by atoms with van der Waals surface area (Å²) in [5.74, 6) is 0.804. The molecule has 5 nitrogen and oxygen atoms in total. The van der Waals surface area contributed by atoms with Gasteiger partial charge in [-0.1, -0.05) is 17.3 Å². The fourth-order valence-corrected chi connectivity index (χ4v) is 1.90. The highest BCUT2D eigenvalue weighted by Gasteiger charge is 2.02. The number of fused-ring (bicyclic) bond motifs is 1. The highest BCUT2D eigenvalue weighted by molar-refractivity contribution is 9.10. The van der Waals surface area contributed by atoms with Crippen molar-refractivity contribution in [1.29, 1.82) is 0 Å². The summed E-state index contributed by atoms with van der Waals surface area (Å²) in [7, 11) is 0. The molecule has 0 aliphatic rings. The number of hydrogen-bond acceptors (Lipinski definition) is 4. The zero-order valence-electron chi connectivity index (χ0n) is 9.42. The molecule has 0 amide bonds. The molecule has 0 saturated heterocycles. The van der Waals surface area contributed by atoms with E-state index in [0.717, 1.165) is 21.3 Å². The average Bonchev–Trinajstić information content (AvgIpc) is 2.82. The Kier molecular flexibility index (Phi) is 2.93. The Hall–Kier alpha value is -1.95. The van der Waals surface area contributed by atoms with E-state index < -0.39 is 0 Å². The second-order valence-electron chi connectivity index (χ2n) is 3.77. The van der Waals surface area contributed by atoms with E-state index in [1.165, 1.54) is 0 Å². The van der Waals surface area contributed by atoms with E-state index in [1.54, 1.807) is 10.9 Å². The predicted molar refractivity (Wildman–Crippen MR) is 73.1 cm³/mol. The maximum absolute atomic E-state index is 4.24. The number of nitrogens with zero attached hydrogens (tertiary/aromatic N) is 4. The summed E-state index contributed by atoms with van der Waals surface area (Å²) in [6.45, 7) is 0.537. The summed E-state index contributed by atoms with van der Waals surface area (Å²) >= 11 is 3.35. The topological polar surface area (TPSA) is 55.6 Å². The Bertz CT molecular complexity index is 662. The molecule has 0 spiro atoms. The Labute approximate surface area is 112 Å². The van der Waals surface area contributed by atoms with Gasteiger partial charge in [-0.25, -0.2) is 9.67 Å². The van der Waals surface area contributed by atoms with E-state index in [2.05, 4.69) is 36.5 Å². The van der Waals surface area contributed by atoms with E-state index in [1.807, 2.05) is 36.4 Å². The largest absolute Gasteiger partial charge is 0.351 e. The number of benzene rings is 1. The molecule has 0 saturated carbocycles. The molecular weight excluding hydrogens is 294 g/mol. The van der Waals surface area contributed by atoms with Gasteiger partial charge in [-0.15, -0.1) is 5.10 Å². The first-order chi connectivity index (χ1) is 8.83. The van der Waals surface area contributed by atoms with Crippen molar-refractivity contribution in [1.82, 2.24) is 20.0 Å². The summed E-state index contributed by atoms with van der Waals surface area (Å²) < 4.78 is 2.76. The van der Waals surface area contributed by atoms with Crippen molar-refractivity contribution in [2.24, 2.45) is 0 Å². The molecule has 0 atom stereocenters. The van der Waals surface area contributed by atoms with Crippen molar-refractivity contribution in [2.75, 3.05) is 5.32 Å². The lowest BCUT2D eigenvalue weighted by molar-refractivity contribution is 0.653. The highest BCUT2D eigenvalue weighted by atomic mass is 79.9. The van der Waals surface area contributed by atoms with Crippen LogP contribution >= 0.6 is 15.9 Å². The molecule has 3 aromatic rings. The minimum Gasteiger partial charge on any atom is -0.351 e. The van der Waals surface area contributed by atoms with E-state index in [9.17, 15) is 0 Å². The summed E-state index contributed by atoms with van der Waals surface area (Å²) in [6.07, 6.45) is 1.75. The lowest BCUT2D eigenvalue weighted by Crippen LogP contribution is -2.10. The maximum Gasteiger partial charge on any atom is 0.127 e. The quantitative estimate of drug-likeness (QED) is 0.808. The molecule has 3 rings (SSSR count). The smallest absolute Gasteiger partial charge is 0.127 e. The fraction of sp³-hybridized carbons (Fsp3) is 0.0833. The Morgan fingerprint density at radius 2 is 2.06 bits per heavy atom. The molecule has 90 valence electrons. The molecule has 2 aromatic heterocycles. The van der Waals surface area contributed by atoms with Gasteiger partial charge in [-0.05, 0) is 40.2 Å². The van der Waals surface area contributed by atoms with Crippen LogP contribution in [0.4, 0.5) is 5.82 Å². The Morgan fingerprint density at radius 1 is 1.17 bits per heavy atom. The van der Waals surface area contributed by atoms with Crippen molar-refractivity contribution in [3.05, 3.63) is 47.1 Å². The molecule has 0 fully saturated rings. The van der Waals surface area contributed by atoms with Crippen molar-refractivity contribution in [3.8, 4) is 0 Å². The molecule has 1 N–H and O–H groups in total. The zero-order chi connectivity index (χ0) is 12.4. The molecule has 2 heterocycles. The van der Waals surface area contributed by atoms with Crippen LogP contribution in [-0.4, -0.2) is 20.0 Å². The van der Waals surface area contributed by atoms with E-state index in [-0.39, 0.29) is 0 Å². The van der Waals surface area contributed by atoms with Crippen LogP contribution in [0.3, 0.4) is 0 Å². The number of halogens is 1. The number of hydrogen-bond donors (Lipinski definition) is 1. The van der Waals surface area contributed by atoms with Gasteiger partial charge in [0.1, 0.15) is 18.0 Å². The van der Waals surface area contributed by atoms with Crippen LogP contribution in [0.1, 0.15) is 0 Å². The van der Waals surface area contributed by atoms with Crippen molar-refractivity contribution < 1.29 is 0 Å². The second kappa shape index (κ2) is 4.73. The molecule has 18 heavy (non-hydrogen) atoms. The number of rotatable bonds is 3. The maximum atomic E-state index is 4.24. The first kappa shape index (κ1) is 11.2. The molecule has 1 aromatic carbocycles. The number of anilines is 1. The fourth-order valence-electron chi connectivity index (χ4n) is 1.67. The van der Waals surface area contributed by atoms with Gasteiger partial charge in [0.2, 0.25) is 0 Å². The van der Waals surface area contributed by atoms with Gasteiger partial charge < -0.3 is 5.32 Å². The van der Waals surface area contributed by atoms with Gasteiger partial charge in [0.15, 0.2) is 0 Å². The van der Waals surface area contributed by atoms with Crippen LogP contribution in [-0.2, 0) is 6.67 Å². The van der Waals surface area contributed by atoms with Crippen molar-refractivity contribution in [3.63, 3.8) is 0 Å². The molecule has 0 bridgehead atoms. The SMILES string of the molecule is Brc1ccc(NCn2nnc3ccccc32)nc1. The average molecular weight is 304 g/mol. The lowest BCUT2D eigenvalue weighted by Gasteiger charge is -2.05. The van der Waals surface area contributed by atoms with Crippen LogP contribution < -0.4 is 5.32 Å². The molecule has 0 unspecified atom stereocenters. The Morgan fingerprint density at radius 3 is 2.89 bits per heavy atom. The highest BCUT2D eigenvalue weighted by Crippen LogP contribution is 2.12. The summed E-state index contributed by atoms with van der Waals surface area (Å²) in [5, 5.41) is 11.4. The van der Waals surface area contributed by atoms with E-state index in [0.29, 0.717) is 6.67 Å². The monoisotopic (exact) mass is 303 g/mol. The molecule has 0 aliphatic heterocycles. The van der Waals surface area contributed by atoms with Crippen LogP contribution in [0.2, 0.25) is 0 Å². The van der Waals surface area contributed by atoms with Gasteiger partial charge in [-0.3, -0.25) is 0 Å². The van der Waals surface area contributed by atoms with Gasteiger partial charge in [-0.2, -0.15) is 0 Å². The summed E-state index contributed by atoms with van der Waals surface area (Å²) in [6, 6.07) is 11.7. The minimum absolute atomic E-state index is 0.537. The van der Waals surface area contributed by atoms with E-state index >= 15 is 0 Å². The third-order valence-corrected chi connectivity index (χ3v) is 3.03. The summed E-state index contributed by atoms with van der Waals surface area (Å²) in [4.78, 5) is 4.24. The molecule has 6 heteroatoms. The predicted octanol–water partition coefficient (Wildman–Crippen LogP) is 2.66. The first-order valence-corrected chi connectivity index (χ1v) is 6.26. The van der Waals surface area contributed by atoms with Crippen LogP contribution in [0.5, 0.6) is 0 Å². The van der Waals surface area contributed by atoms with Crippen LogP contribution in [0, 0.1) is 0 Å². The number of pyridine rings is 1. The normalized spacial score (nSPS) is 10.7. The van der Waals surface area contributed by atoms with E-state index in [4.69, 9.17) is 0 Å². The third kappa shape index (κ3) is 2.19. The molecular formula is C12H10BrN5. The van der Waals surface area contributed by atoms with Gasteiger partial charge >= 0.3 is 0 Å². The minimum atomic E-state index is 0.537. The number of aromatic nitrogens is 4. The molecule has 0 aliphatic carbocycles. The number of nitrogens with one attached hydrogen (secondary N) is 1. The lowest BCUT2D eigenvalue weighted by atomic mass is 10.3. The third-order valence-electron chi connectivity index (χ3n) is 2.56. The van der Waals surface area contributed by atoms with Crippen LogP contribution in [0.15, 0.2) is 47.1 Å². The van der Waals surface area contributed by atoms with Gasteiger partial charge in [0.25, 0.3) is 0 Å². The zero-order valence-corrected chi connectivity index (χ0v) is 11.0.